The Hall–Kier alpha value is -3.13. The van der Waals surface area contributed by atoms with Gasteiger partial charge in [-0.2, -0.15) is 0 Å². The molecule has 0 radical (unpaired) electrons. The van der Waals surface area contributed by atoms with E-state index in [1.54, 1.807) is 12.1 Å². The number of piperazine rings is 1. The van der Waals surface area contributed by atoms with E-state index in [2.05, 4.69) is 27.3 Å². The van der Waals surface area contributed by atoms with Crippen molar-refractivity contribution < 1.29 is 18.7 Å². The first-order valence-corrected chi connectivity index (χ1v) is 9.67. The second-order valence-electron chi connectivity index (χ2n) is 7.15. The SMILES string of the molecule is COC(=O)[C@H]1C(=O)NC(N2CCN(Cc3ccccc3)CC2)=N[C@@H]1c1ccco1. The molecule has 1 aromatic heterocycles. The van der Waals surface area contributed by atoms with Crippen molar-refractivity contribution in [3.63, 3.8) is 0 Å². The van der Waals surface area contributed by atoms with Gasteiger partial charge in [0.2, 0.25) is 11.9 Å². The summed E-state index contributed by atoms with van der Waals surface area (Å²) in [7, 11) is 1.26. The number of hydrogen-bond acceptors (Lipinski definition) is 7. The monoisotopic (exact) mass is 396 g/mol. The highest BCUT2D eigenvalue weighted by atomic mass is 16.5. The van der Waals surface area contributed by atoms with Gasteiger partial charge in [-0.15, -0.1) is 0 Å². The highest BCUT2D eigenvalue weighted by molar-refractivity contribution is 6.08. The fourth-order valence-electron chi connectivity index (χ4n) is 3.74. The van der Waals surface area contributed by atoms with Gasteiger partial charge in [-0.05, 0) is 17.7 Å². The molecule has 0 saturated carbocycles. The number of esters is 1. The molecule has 2 aromatic rings. The van der Waals surface area contributed by atoms with Crippen LogP contribution < -0.4 is 5.32 Å². The molecule has 2 aliphatic rings. The van der Waals surface area contributed by atoms with Gasteiger partial charge in [0.25, 0.3) is 0 Å². The van der Waals surface area contributed by atoms with Crippen LogP contribution in [0.15, 0.2) is 58.1 Å². The number of amides is 1. The smallest absolute Gasteiger partial charge is 0.320 e. The number of methoxy groups -OCH3 is 1. The van der Waals surface area contributed by atoms with Gasteiger partial charge >= 0.3 is 5.97 Å². The number of carbonyl (C=O) groups is 2. The largest absolute Gasteiger partial charge is 0.468 e. The van der Waals surface area contributed by atoms with Crippen molar-refractivity contribution in [2.45, 2.75) is 12.6 Å². The molecule has 152 valence electrons. The Labute approximate surface area is 169 Å². The van der Waals surface area contributed by atoms with Gasteiger partial charge in [-0.25, -0.2) is 4.99 Å². The molecule has 8 heteroatoms. The lowest BCUT2D eigenvalue weighted by molar-refractivity contribution is -0.151. The lowest BCUT2D eigenvalue weighted by Gasteiger charge is -2.38. The lowest BCUT2D eigenvalue weighted by atomic mass is 9.95. The highest BCUT2D eigenvalue weighted by Gasteiger charge is 2.43. The predicted octanol–water partition coefficient (Wildman–Crippen LogP) is 1.41. The Morgan fingerprint density at radius 3 is 2.59 bits per heavy atom. The number of furan rings is 1. The molecule has 29 heavy (non-hydrogen) atoms. The maximum atomic E-state index is 12.7. The maximum Gasteiger partial charge on any atom is 0.320 e. The molecule has 1 N–H and O–H groups in total. The Morgan fingerprint density at radius 2 is 1.93 bits per heavy atom. The van der Waals surface area contributed by atoms with Gasteiger partial charge in [0.05, 0.1) is 13.4 Å². The average Bonchev–Trinajstić information content (AvgIpc) is 3.29. The summed E-state index contributed by atoms with van der Waals surface area (Å²) >= 11 is 0. The minimum atomic E-state index is -1.06. The molecule has 0 unspecified atom stereocenters. The molecule has 1 amide bonds. The number of guanidine groups is 1. The van der Waals surface area contributed by atoms with Crippen LogP contribution in [0.3, 0.4) is 0 Å². The molecule has 8 nitrogen and oxygen atoms in total. The topological polar surface area (TPSA) is 87.4 Å². The van der Waals surface area contributed by atoms with E-state index in [0.717, 1.165) is 32.7 Å². The number of nitrogens with zero attached hydrogens (tertiary/aromatic N) is 3. The molecule has 1 aromatic carbocycles. The summed E-state index contributed by atoms with van der Waals surface area (Å²) in [5, 5.41) is 2.78. The number of hydrogen-bond donors (Lipinski definition) is 1. The minimum absolute atomic E-state index is 0.421. The van der Waals surface area contributed by atoms with Crippen molar-refractivity contribution in [1.82, 2.24) is 15.1 Å². The van der Waals surface area contributed by atoms with Crippen molar-refractivity contribution in [2.75, 3.05) is 33.3 Å². The van der Waals surface area contributed by atoms with E-state index < -0.39 is 23.8 Å². The third kappa shape index (κ3) is 4.17. The molecular formula is C21H24N4O4. The Morgan fingerprint density at radius 1 is 1.17 bits per heavy atom. The molecule has 2 aliphatic heterocycles. The van der Waals surface area contributed by atoms with Crippen molar-refractivity contribution in [3.05, 3.63) is 60.1 Å². The van der Waals surface area contributed by atoms with Crippen LogP contribution in [-0.2, 0) is 20.9 Å². The number of nitrogens with one attached hydrogen (secondary N) is 1. The second-order valence-corrected chi connectivity index (χ2v) is 7.15. The zero-order chi connectivity index (χ0) is 20.2. The fraction of sp³-hybridized carbons (Fsp3) is 0.381. The number of aliphatic imine (C=N–C) groups is 1. The van der Waals surface area contributed by atoms with E-state index in [1.165, 1.54) is 18.9 Å². The van der Waals surface area contributed by atoms with E-state index >= 15 is 0 Å². The average molecular weight is 396 g/mol. The van der Waals surface area contributed by atoms with Crippen LogP contribution in [0.5, 0.6) is 0 Å². The van der Waals surface area contributed by atoms with Crippen molar-refractivity contribution in [1.29, 1.82) is 0 Å². The summed E-state index contributed by atoms with van der Waals surface area (Å²) in [6.45, 7) is 4.08. The van der Waals surface area contributed by atoms with Gasteiger partial charge < -0.3 is 14.1 Å². The molecule has 0 aliphatic carbocycles. The summed E-state index contributed by atoms with van der Waals surface area (Å²) in [6.07, 6.45) is 1.51. The summed E-state index contributed by atoms with van der Waals surface area (Å²) in [4.78, 5) is 33.9. The zero-order valence-corrected chi connectivity index (χ0v) is 16.3. The van der Waals surface area contributed by atoms with Gasteiger partial charge in [-0.1, -0.05) is 30.3 Å². The van der Waals surface area contributed by atoms with Crippen LogP contribution in [0.25, 0.3) is 0 Å². The van der Waals surface area contributed by atoms with E-state index in [4.69, 9.17) is 9.15 Å². The molecule has 2 atom stereocenters. The van der Waals surface area contributed by atoms with E-state index in [0.29, 0.717) is 11.7 Å². The molecule has 0 bridgehead atoms. The predicted molar refractivity (Wildman–Crippen MR) is 106 cm³/mol. The van der Waals surface area contributed by atoms with Crippen LogP contribution in [0.4, 0.5) is 0 Å². The van der Waals surface area contributed by atoms with Crippen LogP contribution >= 0.6 is 0 Å². The molecule has 0 spiro atoms. The normalized spacial score (nSPS) is 22.7. The Bertz CT molecular complexity index is 873. The van der Waals surface area contributed by atoms with Crippen LogP contribution in [0, 0.1) is 5.92 Å². The summed E-state index contributed by atoms with van der Waals surface area (Å²) in [5.74, 6) is -1.16. The van der Waals surface area contributed by atoms with Crippen molar-refractivity contribution >= 4 is 17.8 Å². The number of carbonyl (C=O) groups excluding carboxylic acids is 2. The van der Waals surface area contributed by atoms with Gasteiger partial charge in [0.1, 0.15) is 11.8 Å². The zero-order valence-electron chi connectivity index (χ0n) is 16.3. The molecule has 3 heterocycles. The molecule has 4 rings (SSSR count). The summed E-state index contributed by atoms with van der Waals surface area (Å²) < 4.78 is 10.3. The maximum absolute atomic E-state index is 12.7. The van der Waals surface area contributed by atoms with Crippen molar-refractivity contribution in [2.24, 2.45) is 10.9 Å². The van der Waals surface area contributed by atoms with E-state index in [9.17, 15) is 9.59 Å². The first-order chi connectivity index (χ1) is 14.2. The van der Waals surface area contributed by atoms with Crippen LogP contribution in [0.1, 0.15) is 17.4 Å². The summed E-state index contributed by atoms with van der Waals surface area (Å²) in [5.41, 5.74) is 1.28. The Balaban J connectivity index is 1.47. The minimum Gasteiger partial charge on any atom is -0.468 e. The van der Waals surface area contributed by atoms with Gasteiger partial charge in [0.15, 0.2) is 5.92 Å². The van der Waals surface area contributed by atoms with E-state index in [1.807, 2.05) is 23.1 Å². The van der Waals surface area contributed by atoms with Crippen LogP contribution in [-0.4, -0.2) is 60.9 Å². The quantitative estimate of drug-likeness (QED) is 0.621. The van der Waals surface area contributed by atoms with E-state index in [-0.39, 0.29) is 0 Å². The molecular weight excluding hydrogens is 372 g/mol. The van der Waals surface area contributed by atoms with Gasteiger partial charge in [-0.3, -0.25) is 19.8 Å². The second kappa shape index (κ2) is 8.48. The lowest BCUT2D eigenvalue weighted by Crippen LogP contribution is -2.57. The standard InChI is InChI=1S/C21H24N4O4/c1-28-20(27)17-18(16-8-5-13-29-16)22-21(23-19(17)26)25-11-9-24(10-12-25)14-15-6-3-2-4-7-15/h2-8,13,17-18H,9-12,14H2,1H3,(H,22,23,26)/t17-,18-/m1/s1. The molecule has 1 saturated heterocycles. The molecule has 1 fully saturated rings. The third-order valence-corrected chi connectivity index (χ3v) is 5.31. The number of ether oxygens (including phenoxy) is 1. The van der Waals surface area contributed by atoms with Gasteiger partial charge in [0, 0.05) is 32.7 Å². The Kier molecular flexibility index (Phi) is 5.62. The first kappa shape index (κ1) is 19.2. The van der Waals surface area contributed by atoms with Crippen molar-refractivity contribution in [3.8, 4) is 0 Å². The fourth-order valence-corrected chi connectivity index (χ4v) is 3.74. The highest BCUT2D eigenvalue weighted by Crippen LogP contribution is 2.31. The van der Waals surface area contributed by atoms with Crippen LogP contribution in [0.2, 0.25) is 0 Å². The third-order valence-electron chi connectivity index (χ3n) is 5.31. The number of rotatable bonds is 4. The first-order valence-electron chi connectivity index (χ1n) is 9.67. The summed E-state index contributed by atoms with van der Waals surface area (Å²) in [6, 6.07) is 13.1. The number of benzene rings is 1.